The van der Waals surface area contributed by atoms with Gasteiger partial charge in [0.2, 0.25) is 0 Å². The molecule has 0 saturated heterocycles. The highest BCUT2D eigenvalue weighted by molar-refractivity contribution is 6.30. The normalized spacial score (nSPS) is 11.3. The first-order valence-corrected chi connectivity index (χ1v) is 8.83. The molecule has 3 aromatic rings. The second-order valence-electron chi connectivity index (χ2n) is 6.07. The quantitative estimate of drug-likeness (QED) is 0.661. The van der Waals surface area contributed by atoms with Gasteiger partial charge in [-0.15, -0.1) is 0 Å². The van der Waals surface area contributed by atoms with E-state index >= 15 is 0 Å². The van der Waals surface area contributed by atoms with Crippen LogP contribution in [-0.2, 0) is 0 Å². The summed E-state index contributed by atoms with van der Waals surface area (Å²) in [6, 6.07) is 17.4. The lowest BCUT2D eigenvalue weighted by molar-refractivity contribution is 0.102. The van der Waals surface area contributed by atoms with Crippen molar-refractivity contribution in [3.63, 3.8) is 0 Å². The fraction of sp³-hybridized carbons (Fsp3) is 0.0952. The third-order valence-corrected chi connectivity index (χ3v) is 4.23. The number of carbonyl (C=O) groups excluding carboxylic acids is 1. The average Bonchev–Trinajstić information content (AvgIpc) is 2.71. The Balaban J connectivity index is 1.76. The van der Waals surface area contributed by atoms with Crippen molar-refractivity contribution in [3.8, 4) is 11.8 Å². The molecule has 140 valence electrons. The summed E-state index contributed by atoms with van der Waals surface area (Å²) in [5, 5.41) is 12.2. The van der Waals surface area contributed by atoms with Crippen LogP contribution in [0.4, 0.5) is 11.5 Å². The zero-order valence-electron chi connectivity index (χ0n) is 15.0. The van der Waals surface area contributed by atoms with Crippen LogP contribution in [0.5, 0.6) is 5.75 Å². The number of carbonyl (C=O) groups is 1. The van der Waals surface area contributed by atoms with Gasteiger partial charge in [0.05, 0.1) is 16.7 Å². The minimum absolute atomic E-state index is 0.238. The Bertz CT molecular complexity index is 1060. The molecule has 0 saturated carbocycles. The molecular formula is C21H17ClN4O2. The van der Waals surface area contributed by atoms with E-state index in [-0.39, 0.29) is 17.8 Å². The molecule has 0 fully saturated rings. The third kappa shape index (κ3) is 4.58. The predicted octanol–water partition coefficient (Wildman–Crippen LogP) is 4.58. The van der Waals surface area contributed by atoms with E-state index in [0.29, 0.717) is 27.6 Å². The number of hydrogen-bond donors (Lipinski definition) is 2. The number of nitriles is 1. The number of hydrogen-bond acceptors (Lipinski definition) is 5. The summed E-state index contributed by atoms with van der Waals surface area (Å²) < 4.78 is 5.86. The van der Waals surface area contributed by atoms with Crippen LogP contribution in [0.15, 0.2) is 60.8 Å². The molecule has 3 N–H and O–H groups in total. The minimum Gasteiger partial charge on any atom is -0.482 e. The summed E-state index contributed by atoms with van der Waals surface area (Å²) in [5.41, 5.74) is 8.10. The molecule has 7 heteroatoms. The van der Waals surface area contributed by atoms with E-state index < -0.39 is 0 Å². The minimum atomic E-state index is -0.378. The maximum Gasteiger partial charge on any atom is 0.255 e. The van der Waals surface area contributed by atoms with Crippen molar-refractivity contribution in [2.45, 2.75) is 13.0 Å². The molecule has 1 unspecified atom stereocenters. The molecule has 3 rings (SSSR count). The second-order valence-corrected chi connectivity index (χ2v) is 6.51. The summed E-state index contributed by atoms with van der Waals surface area (Å²) in [6.07, 6.45) is 1.07. The van der Waals surface area contributed by atoms with Gasteiger partial charge >= 0.3 is 0 Å². The maximum atomic E-state index is 12.6. The third-order valence-electron chi connectivity index (χ3n) is 4.02. The number of amides is 1. The Labute approximate surface area is 167 Å². The Hall–Kier alpha value is -3.56. The van der Waals surface area contributed by atoms with Crippen LogP contribution in [0.25, 0.3) is 0 Å². The highest BCUT2D eigenvalue weighted by Crippen LogP contribution is 2.28. The Morgan fingerprint density at radius 3 is 2.82 bits per heavy atom. The fourth-order valence-electron chi connectivity index (χ4n) is 2.59. The summed E-state index contributed by atoms with van der Waals surface area (Å²) in [7, 11) is 0. The molecule has 1 aromatic heterocycles. The zero-order chi connectivity index (χ0) is 20.1. The number of nitrogen functional groups attached to an aromatic ring is 1. The largest absolute Gasteiger partial charge is 0.482 e. The lowest BCUT2D eigenvalue weighted by Gasteiger charge is -2.17. The molecule has 1 heterocycles. The highest BCUT2D eigenvalue weighted by atomic mass is 35.5. The predicted molar refractivity (Wildman–Crippen MR) is 108 cm³/mol. The molecule has 0 spiro atoms. The van der Waals surface area contributed by atoms with Crippen molar-refractivity contribution in [1.29, 1.82) is 5.26 Å². The number of ether oxygens (including phenoxy) is 1. The van der Waals surface area contributed by atoms with Gasteiger partial charge in [0.15, 0.2) is 11.6 Å². The number of pyridine rings is 1. The van der Waals surface area contributed by atoms with Crippen molar-refractivity contribution in [2.24, 2.45) is 0 Å². The van der Waals surface area contributed by atoms with E-state index in [2.05, 4.69) is 10.3 Å². The summed E-state index contributed by atoms with van der Waals surface area (Å²) in [5.74, 6) is 0.332. The summed E-state index contributed by atoms with van der Waals surface area (Å²) in [4.78, 5) is 16.5. The van der Waals surface area contributed by atoms with Crippen molar-refractivity contribution in [3.05, 3.63) is 82.5 Å². The number of halogens is 1. The van der Waals surface area contributed by atoms with Crippen LogP contribution in [0.2, 0.25) is 5.02 Å². The van der Waals surface area contributed by atoms with Crippen molar-refractivity contribution in [1.82, 2.24) is 4.98 Å². The molecule has 6 nitrogen and oxygen atoms in total. The number of aromatic nitrogens is 1. The van der Waals surface area contributed by atoms with Gasteiger partial charge in [-0.1, -0.05) is 29.8 Å². The van der Waals surface area contributed by atoms with E-state index in [1.165, 1.54) is 6.20 Å². The Kier molecular flexibility index (Phi) is 5.78. The van der Waals surface area contributed by atoms with Crippen LogP contribution < -0.4 is 15.8 Å². The first-order chi connectivity index (χ1) is 13.5. The van der Waals surface area contributed by atoms with Crippen molar-refractivity contribution >= 4 is 29.0 Å². The Morgan fingerprint density at radius 1 is 1.25 bits per heavy atom. The van der Waals surface area contributed by atoms with Crippen molar-refractivity contribution < 1.29 is 9.53 Å². The van der Waals surface area contributed by atoms with Gasteiger partial charge < -0.3 is 15.8 Å². The molecule has 0 aliphatic rings. The van der Waals surface area contributed by atoms with Gasteiger partial charge in [0.25, 0.3) is 5.91 Å². The van der Waals surface area contributed by atoms with Crippen LogP contribution >= 0.6 is 11.6 Å². The summed E-state index contributed by atoms with van der Waals surface area (Å²) in [6.45, 7) is 1.84. The van der Waals surface area contributed by atoms with Crippen LogP contribution in [0.3, 0.4) is 0 Å². The second kappa shape index (κ2) is 8.42. The SMILES string of the molecule is CC(Oc1cc(Cl)cnc1N)c1cccc(C(=O)Nc2cccc(C#N)c2)c1. The van der Waals surface area contributed by atoms with E-state index in [1.54, 1.807) is 48.5 Å². The number of rotatable bonds is 5. The lowest BCUT2D eigenvalue weighted by Crippen LogP contribution is -2.13. The van der Waals surface area contributed by atoms with Gasteiger partial charge in [0, 0.05) is 23.5 Å². The molecule has 0 aliphatic heterocycles. The molecule has 1 amide bonds. The van der Waals surface area contributed by atoms with E-state index in [4.69, 9.17) is 27.3 Å². The number of nitrogens with zero attached hydrogens (tertiary/aromatic N) is 2. The monoisotopic (exact) mass is 392 g/mol. The number of nitrogens with two attached hydrogens (primary N) is 1. The van der Waals surface area contributed by atoms with Gasteiger partial charge in [-0.3, -0.25) is 4.79 Å². The van der Waals surface area contributed by atoms with Gasteiger partial charge in [0.1, 0.15) is 6.10 Å². The standard InChI is InChI=1S/C21H17ClN4O2/c1-13(28-19-10-17(22)12-25-20(19)24)15-5-3-6-16(9-15)21(27)26-18-7-2-4-14(8-18)11-23/h2-10,12-13H,1H3,(H2,24,25)(H,26,27). The van der Waals surface area contributed by atoms with E-state index in [1.807, 2.05) is 19.1 Å². The zero-order valence-corrected chi connectivity index (χ0v) is 15.8. The summed E-state index contributed by atoms with van der Waals surface area (Å²) >= 11 is 5.94. The average molecular weight is 393 g/mol. The molecule has 1 atom stereocenters. The smallest absolute Gasteiger partial charge is 0.255 e. The van der Waals surface area contributed by atoms with Gasteiger partial charge in [-0.05, 0) is 42.8 Å². The lowest BCUT2D eigenvalue weighted by atomic mass is 10.1. The molecule has 0 aliphatic carbocycles. The number of benzene rings is 2. The van der Waals surface area contributed by atoms with Crippen LogP contribution in [0, 0.1) is 11.3 Å². The topological polar surface area (TPSA) is 101 Å². The van der Waals surface area contributed by atoms with Crippen LogP contribution in [-0.4, -0.2) is 10.9 Å². The van der Waals surface area contributed by atoms with Crippen LogP contribution in [0.1, 0.15) is 34.5 Å². The Morgan fingerprint density at radius 2 is 2.04 bits per heavy atom. The van der Waals surface area contributed by atoms with Gasteiger partial charge in [-0.2, -0.15) is 5.26 Å². The fourth-order valence-corrected chi connectivity index (χ4v) is 2.73. The van der Waals surface area contributed by atoms with E-state index in [9.17, 15) is 4.79 Å². The first-order valence-electron chi connectivity index (χ1n) is 8.45. The molecular weight excluding hydrogens is 376 g/mol. The first kappa shape index (κ1) is 19.2. The molecule has 28 heavy (non-hydrogen) atoms. The van der Waals surface area contributed by atoms with E-state index in [0.717, 1.165) is 5.56 Å². The maximum absolute atomic E-state index is 12.6. The number of nitrogens with one attached hydrogen (secondary N) is 1. The highest BCUT2D eigenvalue weighted by Gasteiger charge is 2.14. The molecule has 0 radical (unpaired) electrons. The molecule has 0 bridgehead atoms. The van der Waals surface area contributed by atoms with Gasteiger partial charge in [-0.25, -0.2) is 4.98 Å². The van der Waals surface area contributed by atoms with Crippen molar-refractivity contribution in [2.75, 3.05) is 11.1 Å². The number of anilines is 2. The molecule has 2 aromatic carbocycles.